The number of nitrogen functional groups attached to an aromatic ring is 1. The van der Waals surface area contributed by atoms with Crippen molar-refractivity contribution >= 4 is 40.1 Å². The van der Waals surface area contributed by atoms with E-state index in [0.717, 1.165) is 5.03 Å². The van der Waals surface area contributed by atoms with Crippen molar-refractivity contribution in [2.75, 3.05) is 5.73 Å². The minimum atomic E-state index is 0.600. The van der Waals surface area contributed by atoms with E-state index in [1.165, 1.54) is 11.8 Å². The van der Waals surface area contributed by atoms with Gasteiger partial charge in [-0.3, -0.25) is 0 Å². The van der Waals surface area contributed by atoms with Crippen molar-refractivity contribution in [3.05, 3.63) is 47.4 Å². The van der Waals surface area contributed by atoms with Crippen LogP contribution in [0.4, 0.5) is 5.69 Å². The van der Waals surface area contributed by atoms with Gasteiger partial charge < -0.3 is 10.2 Å². The van der Waals surface area contributed by atoms with E-state index >= 15 is 0 Å². The molecule has 0 amide bonds. The maximum Gasteiger partial charge on any atom is 0.205 e. The third kappa shape index (κ3) is 2.67. The van der Waals surface area contributed by atoms with Gasteiger partial charge in [0.1, 0.15) is 5.52 Å². The Morgan fingerprint density at radius 2 is 2.16 bits per heavy atom. The minimum absolute atomic E-state index is 0.600. The van der Waals surface area contributed by atoms with Gasteiger partial charge in [0.25, 0.3) is 0 Å². The van der Waals surface area contributed by atoms with Crippen LogP contribution in [0.1, 0.15) is 5.89 Å². The molecule has 0 atom stereocenters. The molecule has 2 N–H and O–H groups in total. The van der Waals surface area contributed by atoms with Crippen LogP contribution in [0.3, 0.4) is 0 Å². The van der Waals surface area contributed by atoms with E-state index in [1.807, 2.05) is 24.3 Å². The van der Waals surface area contributed by atoms with Crippen LogP contribution in [0, 0.1) is 0 Å². The predicted molar refractivity (Wildman–Crippen MR) is 77.2 cm³/mol. The quantitative estimate of drug-likeness (QED) is 0.588. The van der Waals surface area contributed by atoms with Gasteiger partial charge in [0.05, 0.1) is 21.5 Å². The van der Waals surface area contributed by atoms with Gasteiger partial charge in [-0.2, -0.15) is 0 Å². The summed E-state index contributed by atoms with van der Waals surface area (Å²) in [7, 11) is 0. The van der Waals surface area contributed by atoms with Gasteiger partial charge in [-0.05, 0) is 24.3 Å². The Bertz CT molecular complexity index is 711. The summed E-state index contributed by atoms with van der Waals surface area (Å²) in [5.41, 5.74) is 7.88. The van der Waals surface area contributed by atoms with Crippen molar-refractivity contribution in [1.29, 1.82) is 0 Å². The number of pyridine rings is 1. The zero-order chi connectivity index (χ0) is 13.2. The monoisotopic (exact) mass is 291 g/mol. The highest BCUT2D eigenvalue weighted by molar-refractivity contribution is 7.98. The minimum Gasteiger partial charge on any atom is -0.440 e. The average molecular weight is 292 g/mol. The molecule has 6 heteroatoms. The highest BCUT2D eigenvalue weighted by atomic mass is 35.5. The highest BCUT2D eigenvalue weighted by Crippen LogP contribution is 2.26. The number of rotatable bonds is 3. The lowest BCUT2D eigenvalue weighted by Gasteiger charge is -1.97. The zero-order valence-electron chi connectivity index (χ0n) is 9.84. The number of fused-ring (bicyclic) bond motifs is 1. The molecule has 0 saturated heterocycles. The first-order chi connectivity index (χ1) is 9.22. The second-order valence-corrected chi connectivity index (χ2v) is 5.34. The summed E-state index contributed by atoms with van der Waals surface area (Å²) in [6, 6.07) is 9.18. The molecule has 0 fully saturated rings. The summed E-state index contributed by atoms with van der Waals surface area (Å²) in [6.45, 7) is 0. The van der Waals surface area contributed by atoms with Crippen molar-refractivity contribution in [2.24, 2.45) is 0 Å². The maximum atomic E-state index is 5.84. The number of nitrogens with zero attached hydrogens (tertiary/aromatic N) is 2. The number of para-hydroxylation sites is 1. The summed E-state index contributed by atoms with van der Waals surface area (Å²) in [5, 5.41) is 1.50. The third-order valence-corrected chi connectivity index (χ3v) is 3.69. The smallest absolute Gasteiger partial charge is 0.205 e. The lowest BCUT2D eigenvalue weighted by atomic mass is 10.3. The number of oxazole rings is 1. The number of aromatic nitrogens is 2. The molecule has 2 heterocycles. The standard InChI is InChI=1S/C13H10ClN3OS/c14-8-4-5-12(16-6-8)19-7-11-17-13-9(15)2-1-3-10(13)18-11/h1-6H,7,15H2. The van der Waals surface area contributed by atoms with Gasteiger partial charge in [-0.25, -0.2) is 9.97 Å². The molecule has 2 aromatic heterocycles. The molecule has 0 aliphatic carbocycles. The van der Waals surface area contributed by atoms with Crippen LogP contribution in [0.2, 0.25) is 5.02 Å². The van der Waals surface area contributed by atoms with Gasteiger partial charge >= 0.3 is 0 Å². The van der Waals surface area contributed by atoms with Gasteiger partial charge in [0.15, 0.2) is 5.58 Å². The first-order valence-electron chi connectivity index (χ1n) is 5.60. The van der Waals surface area contributed by atoms with Crippen LogP contribution in [0.25, 0.3) is 11.1 Å². The Morgan fingerprint density at radius 3 is 2.89 bits per heavy atom. The molecular formula is C13H10ClN3OS. The molecule has 0 bridgehead atoms. The first-order valence-corrected chi connectivity index (χ1v) is 6.97. The zero-order valence-corrected chi connectivity index (χ0v) is 11.4. The third-order valence-electron chi connectivity index (χ3n) is 2.54. The fourth-order valence-corrected chi connectivity index (χ4v) is 2.46. The molecule has 0 aliphatic heterocycles. The van der Waals surface area contributed by atoms with E-state index in [4.69, 9.17) is 21.8 Å². The summed E-state index contributed by atoms with van der Waals surface area (Å²) < 4.78 is 5.63. The van der Waals surface area contributed by atoms with Crippen LogP contribution in [-0.4, -0.2) is 9.97 Å². The summed E-state index contributed by atoms with van der Waals surface area (Å²) in [4.78, 5) is 8.58. The Morgan fingerprint density at radius 1 is 1.26 bits per heavy atom. The molecule has 4 nitrogen and oxygen atoms in total. The number of thioether (sulfide) groups is 1. The second kappa shape index (κ2) is 5.11. The maximum absolute atomic E-state index is 5.84. The van der Waals surface area contributed by atoms with Crippen molar-refractivity contribution in [3.63, 3.8) is 0 Å². The summed E-state index contributed by atoms with van der Waals surface area (Å²) in [5.74, 6) is 1.23. The normalized spacial score (nSPS) is 11.0. The molecule has 19 heavy (non-hydrogen) atoms. The number of hydrogen-bond donors (Lipinski definition) is 1. The Kier molecular flexibility index (Phi) is 3.31. The fourth-order valence-electron chi connectivity index (χ4n) is 1.66. The first kappa shape index (κ1) is 12.3. The van der Waals surface area contributed by atoms with E-state index in [2.05, 4.69) is 9.97 Å². The number of anilines is 1. The van der Waals surface area contributed by atoms with Crippen molar-refractivity contribution in [3.8, 4) is 0 Å². The molecule has 0 aliphatic rings. The van der Waals surface area contributed by atoms with Crippen LogP contribution in [0.5, 0.6) is 0 Å². The van der Waals surface area contributed by atoms with E-state index in [-0.39, 0.29) is 0 Å². The van der Waals surface area contributed by atoms with Gasteiger partial charge in [-0.1, -0.05) is 29.4 Å². The predicted octanol–water partition coefficient (Wildman–Crippen LogP) is 3.75. The molecule has 3 aromatic rings. The number of halogens is 1. The number of nitrogens with two attached hydrogens (primary N) is 1. The van der Waals surface area contributed by atoms with Gasteiger partial charge in [0.2, 0.25) is 5.89 Å². The molecular weight excluding hydrogens is 282 g/mol. The molecule has 0 radical (unpaired) electrons. The Hall–Kier alpha value is -1.72. The SMILES string of the molecule is Nc1cccc2oc(CSc3ccc(Cl)cn3)nc12. The number of benzene rings is 1. The summed E-state index contributed by atoms with van der Waals surface area (Å²) in [6.07, 6.45) is 1.62. The van der Waals surface area contributed by atoms with Gasteiger partial charge in [0, 0.05) is 6.20 Å². The Balaban J connectivity index is 1.78. The van der Waals surface area contributed by atoms with Crippen LogP contribution in [-0.2, 0) is 5.75 Å². The lowest BCUT2D eigenvalue weighted by molar-refractivity contribution is 0.556. The molecule has 96 valence electrons. The van der Waals surface area contributed by atoms with Crippen molar-refractivity contribution < 1.29 is 4.42 Å². The van der Waals surface area contributed by atoms with Crippen LogP contribution in [0.15, 0.2) is 46.0 Å². The van der Waals surface area contributed by atoms with E-state index < -0.39 is 0 Å². The largest absolute Gasteiger partial charge is 0.440 e. The molecule has 0 spiro atoms. The van der Waals surface area contributed by atoms with E-state index in [0.29, 0.717) is 33.5 Å². The second-order valence-electron chi connectivity index (χ2n) is 3.90. The molecule has 3 rings (SSSR count). The Labute approximate surface area is 119 Å². The van der Waals surface area contributed by atoms with E-state index in [1.54, 1.807) is 12.3 Å². The lowest BCUT2D eigenvalue weighted by Crippen LogP contribution is -1.86. The van der Waals surface area contributed by atoms with Gasteiger partial charge in [-0.15, -0.1) is 0 Å². The molecule has 0 saturated carbocycles. The van der Waals surface area contributed by atoms with Crippen molar-refractivity contribution in [1.82, 2.24) is 9.97 Å². The average Bonchev–Trinajstić information content (AvgIpc) is 2.83. The van der Waals surface area contributed by atoms with Crippen molar-refractivity contribution in [2.45, 2.75) is 10.8 Å². The van der Waals surface area contributed by atoms with E-state index in [9.17, 15) is 0 Å². The summed E-state index contributed by atoms with van der Waals surface area (Å²) >= 11 is 7.32. The number of hydrogen-bond acceptors (Lipinski definition) is 5. The van der Waals surface area contributed by atoms with Crippen LogP contribution >= 0.6 is 23.4 Å². The topological polar surface area (TPSA) is 64.9 Å². The van der Waals surface area contributed by atoms with Crippen LogP contribution < -0.4 is 5.73 Å². The molecule has 0 unspecified atom stereocenters. The highest BCUT2D eigenvalue weighted by Gasteiger charge is 2.08. The fraction of sp³-hybridized carbons (Fsp3) is 0.0769. The molecule has 1 aromatic carbocycles.